The minimum atomic E-state index is -0.144. The van der Waals surface area contributed by atoms with Gasteiger partial charge in [0.2, 0.25) is 0 Å². The number of ether oxygens (including phenoxy) is 3. The molecule has 7 nitrogen and oxygen atoms in total. The van der Waals surface area contributed by atoms with E-state index in [1.54, 1.807) is 13.8 Å². The number of nitrogens with zero attached hydrogens (tertiary/aromatic N) is 2. The van der Waals surface area contributed by atoms with Crippen molar-refractivity contribution in [2.24, 2.45) is 34.5 Å². The van der Waals surface area contributed by atoms with Crippen LogP contribution in [0.4, 0.5) is 0 Å². The average Bonchev–Trinajstić information content (AvgIpc) is 3.51. The third-order valence-corrected chi connectivity index (χ3v) is 12.3. The van der Waals surface area contributed by atoms with Gasteiger partial charge in [-0.3, -0.25) is 19.4 Å². The van der Waals surface area contributed by atoms with Crippen molar-refractivity contribution in [3.63, 3.8) is 0 Å². The van der Waals surface area contributed by atoms with Crippen molar-refractivity contribution in [1.29, 1.82) is 0 Å². The van der Waals surface area contributed by atoms with E-state index in [9.17, 15) is 9.59 Å². The van der Waals surface area contributed by atoms with Crippen LogP contribution < -0.4 is 0 Å². The first-order valence-electron chi connectivity index (χ1n) is 15.6. The van der Waals surface area contributed by atoms with Gasteiger partial charge in [-0.25, -0.2) is 0 Å². The lowest BCUT2D eigenvalue weighted by Gasteiger charge is -2.62. The molecule has 3 unspecified atom stereocenters. The zero-order chi connectivity index (χ0) is 26.7. The summed E-state index contributed by atoms with van der Waals surface area (Å²) >= 11 is 0. The van der Waals surface area contributed by atoms with E-state index >= 15 is 0 Å². The summed E-state index contributed by atoms with van der Waals surface area (Å²) in [5, 5.41) is 0. The minimum absolute atomic E-state index is 0.00606. The number of likely N-dealkylation sites (tertiary alicyclic amines) is 1. The predicted molar refractivity (Wildman–Crippen MR) is 144 cm³/mol. The number of hydrogen-bond acceptors (Lipinski definition) is 7. The summed E-state index contributed by atoms with van der Waals surface area (Å²) in [6.45, 7) is 13.9. The average molecular weight is 531 g/mol. The number of esters is 2. The lowest BCUT2D eigenvalue weighted by atomic mass is 9.44. The van der Waals surface area contributed by atoms with Crippen LogP contribution in [0.5, 0.6) is 0 Å². The van der Waals surface area contributed by atoms with Crippen LogP contribution in [0, 0.1) is 34.5 Å². The van der Waals surface area contributed by atoms with Crippen LogP contribution in [0.25, 0.3) is 0 Å². The van der Waals surface area contributed by atoms with Gasteiger partial charge in [0.1, 0.15) is 12.2 Å². The molecule has 4 saturated carbocycles. The van der Waals surface area contributed by atoms with Crippen LogP contribution in [0.15, 0.2) is 0 Å². The zero-order valence-corrected chi connectivity index (χ0v) is 24.2. The Bertz CT molecular complexity index is 901. The molecular weight excluding hydrogens is 480 g/mol. The Morgan fingerprint density at radius 3 is 2.16 bits per heavy atom. The minimum Gasteiger partial charge on any atom is -0.461 e. The molecule has 0 radical (unpaired) electrons. The first kappa shape index (κ1) is 27.0. The maximum absolute atomic E-state index is 12.3. The van der Waals surface area contributed by atoms with Gasteiger partial charge in [0.05, 0.1) is 13.2 Å². The quantitative estimate of drug-likeness (QED) is 0.503. The molecule has 4 aliphatic carbocycles. The third kappa shape index (κ3) is 4.52. The smallest absolute Gasteiger partial charge is 0.302 e. The van der Waals surface area contributed by atoms with Gasteiger partial charge < -0.3 is 14.2 Å². The Hall–Kier alpha value is -1.18. The number of carbonyl (C=O) groups is 2. The number of carbonyl (C=O) groups excluding carboxylic acids is 2. The summed E-state index contributed by atoms with van der Waals surface area (Å²) in [7, 11) is 0. The summed E-state index contributed by atoms with van der Waals surface area (Å²) < 4.78 is 17.9. The molecule has 0 aromatic rings. The predicted octanol–water partition coefficient (Wildman–Crippen LogP) is 4.28. The van der Waals surface area contributed by atoms with Crippen LogP contribution in [-0.4, -0.2) is 85.4 Å². The molecule has 214 valence electrons. The van der Waals surface area contributed by atoms with E-state index in [1.165, 1.54) is 38.5 Å². The van der Waals surface area contributed by atoms with E-state index in [0.717, 1.165) is 58.7 Å². The molecule has 7 heteroatoms. The standard InChI is InChI=1S/C31H50N2O5/c1-20(34)37-28-17-22-7-8-23-24(31(22,4)19-27(28)33-13-15-36-16-14-33)9-10-30(3)25(23)18-26(29(30)38-21(2)35)32-11-5-6-12-32/h22-29H,5-19H2,1-4H3/t22-,23?,24?,25?,26-,27-,28-,29-,30-,31-/m0/s1. The van der Waals surface area contributed by atoms with Crippen molar-refractivity contribution in [1.82, 2.24) is 9.80 Å². The fraction of sp³-hybridized carbons (Fsp3) is 0.935. The van der Waals surface area contributed by atoms with Gasteiger partial charge >= 0.3 is 11.9 Å². The molecule has 2 saturated heterocycles. The highest BCUT2D eigenvalue weighted by molar-refractivity contribution is 5.66. The van der Waals surface area contributed by atoms with Crippen molar-refractivity contribution in [3.05, 3.63) is 0 Å². The molecule has 0 bridgehead atoms. The van der Waals surface area contributed by atoms with Gasteiger partial charge in [-0.2, -0.15) is 0 Å². The number of rotatable bonds is 4. The summed E-state index contributed by atoms with van der Waals surface area (Å²) in [4.78, 5) is 29.6. The van der Waals surface area contributed by atoms with E-state index in [2.05, 4.69) is 23.6 Å². The van der Waals surface area contributed by atoms with Crippen molar-refractivity contribution in [2.75, 3.05) is 39.4 Å². The Labute approximate surface area is 229 Å². The molecule has 38 heavy (non-hydrogen) atoms. The Balaban J connectivity index is 1.27. The highest BCUT2D eigenvalue weighted by Crippen LogP contribution is 2.67. The van der Waals surface area contributed by atoms with Crippen molar-refractivity contribution in [2.45, 2.75) is 110 Å². The molecule has 0 aromatic heterocycles. The third-order valence-electron chi connectivity index (χ3n) is 12.3. The molecule has 10 atom stereocenters. The first-order chi connectivity index (χ1) is 18.2. The van der Waals surface area contributed by atoms with E-state index in [4.69, 9.17) is 14.2 Å². The van der Waals surface area contributed by atoms with Crippen molar-refractivity contribution in [3.8, 4) is 0 Å². The summed E-state index contributed by atoms with van der Waals surface area (Å²) in [5.74, 6) is 2.34. The van der Waals surface area contributed by atoms with Crippen LogP contribution in [0.3, 0.4) is 0 Å². The molecule has 2 heterocycles. The molecular formula is C31H50N2O5. The topological polar surface area (TPSA) is 68.3 Å². The molecule has 6 fully saturated rings. The molecule has 2 aliphatic heterocycles. The van der Waals surface area contributed by atoms with Gasteiger partial charge in [0, 0.05) is 44.4 Å². The Morgan fingerprint density at radius 2 is 1.47 bits per heavy atom. The Morgan fingerprint density at radius 1 is 0.789 bits per heavy atom. The highest BCUT2D eigenvalue weighted by atomic mass is 16.5. The van der Waals surface area contributed by atoms with Crippen LogP contribution in [-0.2, 0) is 23.8 Å². The summed E-state index contributed by atoms with van der Waals surface area (Å²) in [5.41, 5.74) is 0.328. The zero-order valence-electron chi connectivity index (χ0n) is 24.2. The molecule has 0 N–H and O–H groups in total. The lowest BCUT2D eigenvalue weighted by molar-refractivity contribution is -0.182. The Kier molecular flexibility index (Phi) is 7.35. The molecule has 6 rings (SSSR count). The largest absolute Gasteiger partial charge is 0.461 e. The number of morpholine rings is 1. The second kappa shape index (κ2) is 10.3. The first-order valence-corrected chi connectivity index (χ1v) is 15.6. The molecule has 0 amide bonds. The van der Waals surface area contributed by atoms with E-state index in [0.29, 0.717) is 29.7 Å². The normalized spacial score (nSPS) is 47.6. The molecule has 0 aromatic carbocycles. The van der Waals surface area contributed by atoms with Gasteiger partial charge in [0.15, 0.2) is 0 Å². The van der Waals surface area contributed by atoms with Gasteiger partial charge in [-0.05, 0) is 100.0 Å². The monoisotopic (exact) mass is 530 g/mol. The number of hydrogen-bond donors (Lipinski definition) is 0. The second-order valence-corrected chi connectivity index (χ2v) is 14.1. The van der Waals surface area contributed by atoms with E-state index in [-0.39, 0.29) is 41.0 Å². The highest BCUT2D eigenvalue weighted by Gasteiger charge is 2.65. The summed E-state index contributed by atoms with van der Waals surface area (Å²) in [6, 6.07) is 0.660. The summed E-state index contributed by atoms with van der Waals surface area (Å²) in [6.07, 6.45) is 10.7. The van der Waals surface area contributed by atoms with Crippen molar-refractivity contribution < 1.29 is 23.8 Å². The fourth-order valence-corrected chi connectivity index (χ4v) is 10.6. The van der Waals surface area contributed by atoms with Crippen LogP contribution >= 0.6 is 0 Å². The fourth-order valence-electron chi connectivity index (χ4n) is 10.6. The second-order valence-electron chi connectivity index (χ2n) is 14.1. The van der Waals surface area contributed by atoms with Gasteiger partial charge in [0.25, 0.3) is 0 Å². The number of fused-ring (bicyclic) bond motifs is 5. The van der Waals surface area contributed by atoms with Gasteiger partial charge in [-0.15, -0.1) is 0 Å². The van der Waals surface area contributed by atoms with Crippen LogP contribution in [0.1, 0.15) is 85.5 Å². The van der Waals surface area contributed by atoms with Crippen molar-refractivity contribution >= 4 is 11.9 Å². The van der Waals surface area contributed by atoms with Gasteiger partial charge in [-0.1, -0.05) is 13.8 Å². The maximum Gasteiger partial charge on any atom is 0.302 e. The maximum atomic E-state index is 12.3. The van der Waals surface area contributed by atoms with E-state index in [1.807, 2.05) is 0 Å². The van der Waals surface area contributed by atoms with Crippen LogP contribution in [0.2, 0.25) is 0 Å². The SMILES string of the molecule is CC(=O)O[C@H]1C[C@@H]2CCC3C4C[C@H](N5CCCC5)[C@H](OC(C)=O)[C@@]4(C)CCC3[C@@]2(C)C[C@@H]1N1CCOCC1. The lowest BCUT2D eigenvalue weighted by Crippen LogP contribution is -2.61. The van der Waals surface area contributed by atoms with E-state index < -0.39 is 0 Å². The molecule has 6 aliphatic rings. The molecule has 0 spiro atoms.